The van der Waals surface area contributed by atoms with Gasteiger partial charge in [-0.25, -0.2) is 13.9 Å². The summed E-state index contributed by atoms with van der Waals surface area (Å²) in [6.45, 7) is -1.78. The van der Waals surface area contributed by atoms with Crippen LogP contribution in [0.25, 0.3) is 11.0 Å². The first-order valence-electron chi connectivity index (χ1n) is 10.7. The van der Waals surface area contributed by atoms with E-state index in [0.717, 1.165) is 18.3 Å². The molecule has 0 bridgehead atoms. The standard InChI is InChI=1S/C18H18F3N3O14P2/c19-18(20,21)36-9-2-1-3-10-13(9)8(22-37-10)6-24-12(25)4-5-23(17(24)28)16-15(27)14(26)11(35-16)7-34-40(32,33)38-39(29,30)31/h1-5,11,14-16,26-27H,6-7H2,(H,32,33)(H2,29,30,31)/t11-,14?,15?,16-/m1/s1. The second-order valence-corrected chi connectivity index (χ2v) is 10.9. The number of benzene rings is 1. The number of rotatable bonds is 9. The van der Waals surface area contributed by atoms with Gasteiger partial charge in [-0.2, -0.15) is 4.31 Å². The molecule has 22 heteroatoms. The highest BCUT2D eigenvalue weighted by molar-refractivity contribution is 7.60. The monoisotopic (exact) mass is 619 g/mol. The van der Waals surface area contributed by atoms with Crippen molar-refractivity contribution >= 4 is 26.6 Å². The Labute approximate surface area is 218 Å². The third kappa shape index (κ3) is 6.69. The second kappa shape index (κ2) is 10.8. The van der Waals surface area contributed by atoms with Gasteiger partial charge in [-0.05, 0) is 12.1 Å². The first-order chi connectivity index (χ1) is 18.5. The van der Waals surface area contributed by atoms with E-state index >= 15 is 0 Å². The molecule has 0 amide bonds. The lowest BCUT2D eigenvalue weighted by atomic mass is 10.1. The van der Waals surface area contributed by atoms with Crippen molar-refractivity contribution < 1.29 is 70.0 Å². The van der Waals surface area contributed by atoms with Gasteiger partial charge in [0.2, 0.25) is 0 Å². The Morgan fingerprint density at radius 1 is 1.07 bits per heavy atom. The van der Waals surface area contributed by atoms with Crippen LogP contribution in [-0.4, -0.2) is 70.5 Å². The minimum absolute atomic E-state index is 0.148. The predicted octanol–water partition coefficient (Wildman–Crippen LogP) is -0.0564. The number of aromatic nitrogens is 3. The van der Waals surface area contributed by atoms with Crippen LogP contribution in [0.1, 0.15) is 11.9 Å². The van der Waals surface area contributed by atoms with Gasteiger partial charge in [0.05, 0.1) is 18.5 Å². The van der Waals surface area contributed by atoms with E-state index in [0.29, 0.717) is 9.13 Å². The molecule has 220 valence electrons. The van der Waals surface area contributed by atoms with Gasteiger partial charge in [-0.15, -0.1) is 13.2 Å². The van der Waals surface area contributed by atoms with E-state index in [-0.39, 0.29) is 16.7 Å². The van der Waals surface area contributed by atoms with Gasteiger partial charge in [0.15, 0.2) is 11.8 Å². The molecule has 1 aliphatic rings. The molecule has 1 saturated heterocycles. The maximum Gasteiger partial charge on any atom is 0.573 e. The highest BCUT2D eigenvalue weighted by Gasteiger charge is 2.46. The summed E-state index contributed by atoms with van der Waals surface area (Å²) in [6.07, 6.45) is -11.4. The molecule has 5 N–H and O–H groups in total. The summed E-state index contributed by atoms with van der Waals surface area (Å²) in [5.41, 5.74) is -2.58. The van der Waals surface area contributed by atoms with Gasteiger partial charge in [-0.1, -0.05) is 11.2 Å². The van der Waals surface area contributed by atoms with E-state index in [4.69, 9.17) is 19.0 Å². The van der Waals surface area contributed by atoms with Crippen LogP contribution < -0.4 is 16.0 Å². The highest BCUT2D eigenvalue weighted by Crippen LogP contribution is 2.57. The number of phosphoric acid groups is 2. The molecule has 3 unspecified atom stereocenters. The minimum atomic E-state index is -5.45. The molecule has 3 aromatic rings. The van der Waals surface area contributed by atoms with Crippen LogP contribution in [0.5, 0.6) is 5.75 Å². The highest BCUT2D eigenvalue weighted by atomic mass is 31.3. The van der Waals surface area contributed by atoms with E-state index < -0.39 is 76.7 Å². The number of nitrogens with zero attached hydrogens (tertiary/aromatic N) is 3. The molecule has 40 heavy (non-hydrogen) atoms. The zero-order valence-electron chi connectivity index (χ0n) is 19.4. The Morgan fingerprint density at radius 2 is 1.77 bits per heavy atom. The van der Waals surface area contributed by atoms with Crippen LogP contribution in [0.3, 0.4) is 0 Å². The summed E-state index contributed by atoms with van der Waals surface area (Å²) in [7, 11) is -10.8. The van der Waals surface area contributed by atoms with E-state index in [9.17, 15) is 47.0 Å². The fourth-order valence-corrected chi connectivity index (χ4v) is 5.38. The van der Waals surface area contributed by atoms with E-state index in [1.165, 1.54) is 12.1 Å². The number of hydrogen-bond donors (Lipinski definition) is 5. The average molecular weight is 619 g/mol. The minimum Gasteiger partial charge on any atom is -0.405 e. The van der Waals surface area contributed by atoms with E-state index in [2.05, 4.69) is 18.7 Å². The maximum absolute atomic E-state index is 13.1. The molecule has 0 saturated carbocycles. The van der Waals surface area contributed by atoms with Crippen LogP contribution >= 0.6 is 15.6 Å². The van der Waals surface area contributed by atoms with Gasteiger partial charge in [0.1, 0.15) is 29.8 Å². The molecule has 1 aromatic carbocycles. The molecule has 17 nitrogen and oxygen atoms in total. The smallest absolute Gasteiger partial charge is 0.405 e. The number of halogens is 3. The molecular weight excluding hydrogens is 601 g/mol. The second-order valence-electron chi connectivity index (χ2n) is 8.12. The molecule has 5 atom stereocenters. The quantitative estimate of drug-likeness (QED) is 0.197. The predicted molar refractivity (Wildman–Crippen MR) is 120 cm³/mol. The summed E-state index contributed by atoms with van der Waals surface area (Å²) in [5, 5.41) is 24.0. The number of alkyl halides is 3. The van der Waals surface area contributed by atoms with Crippen molar-refractivity contribution in [3.8, 4) is 5.75 Å². The zero-order chi connectivity index (χ0) is 29.6. The number of aliphatic hydroxyl groups is 2. The van der Waals surface area contributed by atoms with Gasteiger partial charge < -0.3 is 38.9 Å². The van der Waals surface area contributed by atoms with Gasteiger partial charge in [0.25, 0.3) is 5.56 Å². The third-order valence-electron chi connectivity index (χ3n) is 5.38. The first-order valence-corrected chi connectivity index (χ1v) is 13.7. The van der Waals surface area contributed by atoms with Crippen molar-refractivity contribution in [3.05, 3.63) is 57.0 Å². The van der Waals surface area contributed by atoms with Crippen molar-refractivity contribution in [1.82, 2.24) is 14.3 Å². The first kappa shape index (κ1) is 30.1. The molecule has 1 aliphatic heterocycles. The van der Waals surface area contributed by atoms with Gasteiger partial charge in [0, 0.05) is 12.3 Å². The van der Waals surface area contributed by atoms with Crippen LogP contribution in [-0.2, 0) is 29.2 Å². The number of aliphatic hydroxyl groups excluding tert-OH is 2. The lowest BCUT2D eigenvalue weighted by Crippen LogP contribution is -2.43. The lowest BCUT2D eigenvalue weighted by Gasteiger charge is -2.19. The van der Waals surface area contributed by atoms with E-state index in [1.54, 1.807) is 0 Å². The van der Waals surface area contributed by atoms with Crippen molar-refractivity contribution in [2.24, 2.45) is 0 Å². The topological polar surface area (TPSA) is 242 Å². The Balaban J connectivity index is 1.61. The molecule has 4 rings (SSSR count). The molecule has 1 fully saturated rings. The van der Waals surface area contributed by atoms with Crippen LogP contribution in [0, 0.1) is 0 Å². The molecule has 2 aromatic heterocycles. The number of phosphoric ester groups is 1. The fraction of sp³-hybridized carbons (Fsp3) is 0.389. The van der Waals surface area contributed by atoms with Gasteiger partial charge >= 0.3 is 27.7 Å². The normalized spacial score (nSPS) is 23.4. The summed E-state index contributed by atoms with van der Waals surface area (Å²) < 4.78 is 84.4. The van der Waals surface area contributed by atoms with Crippen LogP contribution in [0.15, 0.2) is 44.6 Å². The lowest BCUT2D eigenvalue weighted by molar-refractivity contribution is -0.274. The Bertz CT molecular complexity index is 1610. The van der Waals surface area contributed by atoms with E-state index in [1.807, 2.05) is 0 Å². The molecular formula is C18H18F3N3O14P2. The SMILES string of the molecule is O=c1ccn([C@@H]2O[C@H](COP(=O)(O)OP(=O)(O)O)C(O)C2O)c(=O)n1Cc1noc2cccc(OC(F)(F)F)c12. The van der Waals surface area contributed by atoms with Crippen molar-refractivity contribution in [2.75, 3.05) is 6.61 Å². The largest absolute Gasteiger partial charge is 0.573 e. The third-order valence-corrected chi connectivity index (χ3v) is 7.53. The maximum atomic E-state index is 13.1. The number of ether oxygens (including phenoxy) is 2. The summed E-state index contributed by atoms with van der Waals surface area (Å²) in [4.78, 5) is 52.3. The zero-order valence-corrected chi connectivity index (χ0v) is 21.2. The molecule has 0 radical (unpaired) electrons. The average Bonchev–Trinajstić information content (AvgIpc) is 3.35. The molecule has 0 aliphatic carbocycles. The molecule has 0 spiro atoms. The molecule has 3 heterocycles. The Kier molecular flexibility index (Phi) is 8.14. The Morgan fingerprint density at radius 3 is 2.42 bits per heavy atom. The van der Waals surface area contributed by atoms with Crippen molar-refractivity contribution in [2.45, 2.75) is 37.4 Å². The summed E-state index contributed by atoms with van der Waals surface area (Å²) >= 11 is 0. The number of hydrogen-bond acceptors (Lipinski definition) is 12. The van der Waals surface area contributed by atoms with Crippen molar-refractivity contribution in [3.63, 3.8) is 0 Å². The van der Waals surface area contributed by atoms with Crippen LogP contribution in [0.2, 0.25) is 0 Å². The summed E-state index contributed by atoms with van der Waals surface area (Å²) in [5.74, 6) is -0.713. The number of fused-ring (bicyclic) bond motifs is 1. The van der Waals surface area contributed by atoms with Crippen molar-refractivity contribution in [1.29, 1.82) is 0 Å². The fourth-order valence-electron chi connectivity index (χ4n) is 3.78. The van der Waals surface area contributed by atoms with Gasteiger partial charge in [-0.3, -0.25) is 18.5 Å². The Hall–Kier alpha value is -2.90. The summed E-state index contributed by atoms with van der Waals surface area (Å²) in [6, 6.07) is 4.26. The van der Waals surface area contributed by atoms with Crippen LogP contribution in [0.4, 0.5) is 13.2 Å².